The predicted molar refractivity (Wildman–Crippen MR) is 64.2 cm³/mol. The summed E-state index contributed by atoms with van der Waals surface area (Å²) in [5.74, 6) is 0.0937. The first-order valence-electron chi connectivity index (χ1n) is 3.24. The molecule has 0 aliphatic rings. The molecule has 0 aliphatic heterocycles. The Bertz CT molecular complexity index is 320. The molecule has 1 nitrogen and oxygen atoms in total. The maximum atomic E-state index is 12.5. The first kappa shape index (κ1) is 11.8. The van der Waals surface area contributed by atoms with E-state index >= 15 is 0 Å². The molecule has 0 radical (unpaired) electrons. The van der Waals surface area contributed by atoms with Gasteiger partial charge in [-0.25, -0.2) is 13.8 Å². The van der Waals surface area contributed by atoms with E-state index in [0.717, 1.165) is 0 Å². The Hall–Kier alpha value is 0.760. The minimum absolute atomic E-state index is 0.0394. The van der Waals surface area contributed by atoms with E-state index in [0.29, 0.717) is 12.8 Å². The van der Waals surface area contributed by atoms with E-state index < -0.39 is 6.43 Å². The summed E-state index contributed by atoms with van der Waals surface area (Å²) < 4.78 is 26.1. The second kappa shape index (κ2) is 5.01. The summed E-state index contributed by atoms with van der Waals surface area (Å²) in [4.78, 5) is 3.85. The van der Waals surface area contributed by atoms with Crippen LogP contribution in [-0.4, -0.2) is 4.98 Å². The summed E-state index contributed by atoms with van der Waals surface area (Å²) in [6.07, 6.45) is -0.964. The van der Waals surface area contributed by atoms with Gasteiger partial charge in [-0.05, 0) is 50.7 Å². The lowest BCUT2D eigenvalue weighted by Crippen LogP contribution is -2.01. The normalized spacial score (nSPS) is 10.9. The fourth-order valence-electron chi connectivity index (χ4n) is 0.872. The highest BCUT2D eigenvalue weighted by Gasteiger charge is 2.19. The number of halogens is 5. The molecule has 6 heteroatoms. The highest BCUT2D eigenvalue weighted by molar-refractivity contribution is 14.1. The molecule has 13 heavy (non-hydrogen) atoms. The van der Waals surface area contributed by atoms with Crippen LogP contribution in [0.3, 0.4) is 0 Å². The molecule has 0 atom stereocenters. The molecule has 72 valence electrons. The quantitative estimate of drug-likeness (QED) is 0.394. The number of rotatable bonds is 2. The highest BCUT2D eigenvalue weighted by Crippen LogP contribution is 2.30. The van der Waals surface area contributed by atoms with E-state index in [2.05, 4.69) is 4.98 Å². The van der Waals surface area contributed by atoms with Gasteiger partial charge in [-0.15, -0.1) is 11.6 Å². The van der Waals surface area contributed by atoms with E-state index in [9.17, 15) is 8.78 Å². The van der Waals surface area contributed by atoms with Crippen molar-refractivity contribution < 1.29 is 8.78 Å². The molecule has 0 aromatic carbocycles. The molecule has 1 aromatic rings. The average Bonchev–Trinajstić information content (AvgIpc) is 2.07. The first-order chi connectivity index (χ1) is 6.07. The van der Waals surface area contributed by atoms with E-state index in [1.807, 2.05) is 22.6 Å². The van der Waals surface area contributed by atoms with Crippen LogP contribution >= 0.6 is 56.8 Å². The number of hydrogen-bond donors (Lipinski definition) is 0. The SMILES string of the molecule is FC(F)c1c(I)ncc(I)c1CCl. The molecular weight excluding hydrogens is 425 g/mol. The zero-order valence-corrected chi connectivity index (χ0v) is 11.3. The third-order valence-corrected chi connectivity index (χ3v) is 3.54. The predicted octanol–water partition coefficient (Wildman–Crippen LogP) is 3.97. The number of aromatic nitrogens is 1. The van der Waals surface area contributed by atoms with Gasteiger partial charge in [-0.2, -0.15) is 0 Å². The fourth-order valence-corrected chi connectivity index (χ4v) is 2.71. The summed E-state index contributed by atoms with van der Waals surface area (Å²) in [6.45, 7) is 0. The van der Waals surface area contributed by atoms with E-state index in [1.54, 1.807) is 28.8 Å². The maximum absolute atomic E-state index is 12.5. The van der Waals surface area contributed by atoms with Gasteiger partial charge in [0.25, 0.3) is 6.43 Å². The van der Waals surface area contributed by atoms with Crippen molar-refractivity contribution in [3.05, 3.63) is 24.6 Å². The molecule has 0 bridgehead atoms. The van der Waals surface area contributed by atoms with Crippen LogP contribution in [0.1, 0.15) is 17.6 Å². The smallest absolute Gasteiger partial charge is 0.249 e. The molecule has 0 aliphatic carbocycles. The monoisotopic (exact) mass is 429 g/mol. The second-order valence-electron chi connectivity index (χ2n) is 2.22. The van der Waals surface area contributed by atoms with Gasteiger partial charge in [-0.3, -0.25) is 0 Å². The van der Waals surface area contributed by atoms with Crippen LogP contribution in [0.5, 0.6) is 0 Å². The largest absolute Gasteiger partial charge is 0.266 e. The Morgan fingerprint density at radius 2 is 2.08 bits per heavy atom. The zero-order chi connectivity index (χ0) is 10.0. The van der Waals surface area contributed by atoms with Crippen molar-refractivity contribution >= 4 is 56.8 Å². The molecule has 1 rings (SSSR count). The van der Waals surface area contributed by atoms with E-state index in [-0.39, 0.29) is 11.4 Å². The van der Waals surface area contributed by atoms with E-state index in [1.165, 1.54) is 0 Å². The van der Waals surface area contributed by atoms with Crippen LogP contribution in [0.15, 0.2) is 6.20 Å². The van der Waals surface area contributed by atoms with Crippen LogP contribution < -0.4 is 0 Å². The molecule has 1 aromatic heterocycles. The molecule has 0 saturated carbocycles. The number of nitrogens with zero attached hydrogens (tertiary/aromatic N) is 1. The molecular formula is C7H4ClF2I2N. The molecule has 0 fully saturated rings. The molecule has 0 unspecified atom stereocenters. The first-order valence-corrected chi connectivity index (χ1v) is 5.94. The van der Waals surface area contributed by atoms with Gasteiger partial charge in [0.15, 0.2) is 0 Å². The number of alkyl halides is 3. The average molecular weight is 429 g/mol. The molecule has 0 saturated heterocycles. The lowest BCUT2D eigenvalue weighted by molar-refractivity contribution is 0.149. The Morgan fingerprint density at radius 1 is 1.46 bits per heavy atom. The molecule has 0 amide bonds. The van der Waals surface area contributed by atoms with Crippen molar-refractivity contribution in [3.63, 3.8) is 0 Å². The van der Waals surface area contributed by atoms with Crippen LogP contribution in [0, 0.1) is 7.27 Å². The number of pyridine rings is 1. The van der Waals surface area contributed by atoms with Crippen LogP contribution in [-0.2, 0) is 5.88 Å². The summed E-state index contributed by atoms with van der Waals surface area (Å²) >= 11 is 9.32. The molecule has 0 N–H and O–H groups in total. The molecule has 1 heterocycles. The zero-order valence-electron chi connectivity index (χ0n) is 6.20. The van der Waals surface area contributed by atoms with Crippen LogP contribution in [0.2, 0.25) is 0 Å². The lowest BCUT2D eigenvalue weighted by Gasteiger charge is -2.09. The topological polar surface area (TPSA) is 12.9 Å². The summed E-state index contributed by atoms with van der Waals surface area (Å²) in [7, 11) is 0. The second-order valence-corrected chi connectivity index (χ2v) is 4.67. The third-order valence-electron chi connectivity index (χ3n) is 1.48. The van der Waals surface area contributed by atoms with Gasteiger partial charge < -0.3 is 0 Å². The van der Waals surface area contributed by atoms with Gasteiger partial charge in [-0.1, -0.05) is 0 Å². The lowest BCUT2D eigenvalue weighted by atomic mass is 10.2. The Labute approximate surface area is 107 Å². The van der Waals surface area contributed by atoms with Crippen molar-refractivity contribution in [2.45, 2.75) is 12.3 Å². The fraction of sp³-hybridized carbons (Fsp3) is 0.286. The number of hydrogen-bond acceptors (Lipinski definition) is 1. The highest BCUT2D eigenvalue weighted by atomic mass is 127. The minimum atomic E-state index is -2.51. The van der Waals surface area contributed by atoms with Crippen LogP contribution in [0.25, 0.3) is 0 Å². The van der Waals surface area contributed by atoms with E-state index in [4.69, 9.17) is 11.6 Å². The summed E-state index contributed by atoms with van der Waals surface area (Å²) in [6, 6.07) is 0. The van der Waals surface area contributed by atoms with Crippen molar-refractivity contribution in [1.29, 1.82) is 0 Å². The minimum Gasteiger partial charge on any atom is -0.249 e. The standard InChI is InChI=1S/C7H4ClF2I2N/c8-1-3-4(11)2-13-7(12)5(3)6(9)10/h2,6H,1H2. The Balaban J connectivity index is 3.35. The van der Waals surface area contributed by atoms with Gasteiger partial charge in [0.1, 0.15) is 3.70 Å². The summed E-state index contributed by atoms with van der Waals surface area (Å²) in [5.41, 5.74) is 0.444. The van der Waals surface area contributed by atoms with Gasteiger partial charge in [0.2, 0.25) is 0 Å². The van der Waals surface area contributed by atoms with Crippen molar-refractivity contribution in [1.82, 2.24) is 4.98 Å². The van der Waals surface area contributed by atoms with Crippen molar-refractivity contribution in [2.24, 2.45) is 0 Å². The Kier molecular flexibility index (Phi) is 4.56. The Morgan fingerprint density at radius 3 is 2.46 bits per heavy atom. The molecule has 0 spiro atoms. The van der Waals surface area contributed by atoms with Gasteiger partial charge in [0, 0.05) is 15.6 Å². The third kappa shape index (κ3) is 2.62. The van der Waals surface area contributed by atoms with Gasteiger partial charge >= 0.3 is 0 Å². The maximum Gasteiger partial charge on any atom is 0.266 e. The van der Waals surface area contributed by atoms with Crippen LogP contribution in [0.4, 0.5) is 8.78 Å². The van der Waals surface area contributed by atoms with Crippen molar-refractivity contribution in [3.8, 4) is 0 Å². The van der Waals surface area contributed by atoms with Gasteiger partial charge in [0.05, 0.1) is 5.56 Å². The van der Waals surface area contributed by atoms with Crippen molar-refractivity contribution in [2.75, 3.05) is 0 Å². The summed E-state index contributed by atoms with van der Waals surface area (Å²) in [5, 5.41) is 0.